The third kappa shape index (κ3) is 8.89. The lowest BCUT2D eigenvalue weighted by Crippen LogP contribution is -2.26. The Morgan fingerprint density at radius 1 is 1.00 bits per heavy atom. The van der Waals surface area contributed by atoms with Gasteiger partial charge in [0.05, 0.1) is 11.7 Å². The van der Waals surface area contributed by atoms with Gasteiger partial charge in [-0.2, -0.15) is 13.2 Å². The maximum atomic E-state index is 13.9. The number of hydrogen-bond acceptors (Lipinski definition) is 3. The molecule has 222 valence electrons. The summed E-state index contributed by atoms with van der Waals surface area (Å²) in [5.74, 6) is -0.0176. The molecule has 1 aliphatic rings. The minimum atomic E-state index is -4.56. The number of halogens is 3. The molecule has 0 saturated heterocycles. The second kappa shape index (κ2) is 14.5. The van der Waals surface area contributed by atoms with Crippen LogP contribution in [0.2, 0.25) is 0 Å². The van der Waals surface area contributed by atoms with E-state index >= 15 is 0 Å². The number of alkyl halides is 3. The van der Waals surface area contributed by atoms with Crippen LogP contribution in [0.4, 0.5) is 24.5 Å². The molecule has 7 heteroatoms. The number of carbonyl (C=O) groups is 1. The van der Waals surface area contributed by atoms with E-state index in [1.807, 2.05) is 48.5 Å². The molecule has 1 unspecified atom stereocenters. The molecule has 1 amide bonds. The first-order valence-corrected chi connectivity index (χ1v) is 14.8. The van der Waals surface area contributed by atoms with E-state index < -0.39 is 17.7 Å². The summed E-state index contributed by atoms with van der Waals surface area (Å²) in [6.45, 7) is 6.70. The average molecular weight is 576 g/mol. The fourth-order valence-electron chi connectivity index (χ4n) is 5.00. The van der Waals surface area contributed by atoms with Crippen molar-refractivity contribution in [2.45, 2.75) is 71.5 Å². The van der Waals surface area contributed by atoms with E-state index in [4.69, 9.17) is 0 Å². The molecular weight excluding hydrogens is 535 g/mol. The summed E-state index contributed by atoms with van der Waals surface area (Å²) in [7, 11) is 0. The molecule has 2 N–H and O–H groups in total. The lowest BCUT2D eigenvalue weighted by molar-refractivity contribution is -0.110. The quantitative estimate of drug-likeness (QED) is 0.200. The van der Waals surface area contributed by atoms with Crippen molar-refractivity contribution in [2.75, 3.05) is 11.9 Å². The van der Waals surface area contributed by atoms with Gasteiger partial charge in [-0.15, -0.1) is 0 Å². The molecule has 0 aliphatic heterocycles. The highest BCUT2D eigenvalue weighted by Gasteiger charge is 2.33. The van der Waals surface area contributed by atoms with Crippen molar-refractivity contribution in [2.24, 2.45) is 10.9 Å². The predicted octanol–water partition coefficient (Wildman–Crippen LogP) is 9.04. The van der Waals surface area contributed by atoms with Crippen LogP contribution in [0.5, 0.6) is 0 Å². The van der Waals surface area contributed by atoms with E-state index in [1.54, 1.807) is 19.1 Å². The van der Waals surface area contributed by atoms with Crippen molar-refractivity contribution in [1.29, 1.82) is 0 Å². The van der Waals surface area contributed by atoms with Gasteiger partial charge in [0.1, 0.15) is 5.71 Å². The number of anilines is 1. The largest absolute Gasteiger partial charge is 0.412 e. The van der Waals surface area contributed by atoms with Gasteiger partial charge in [-0.05, 0) is 97.7 Å². The number of rotatable bonds is 13. The lowest BCUT2D eigenvalue weighted by Gasteiger charge is -2.22. The fourth-order valence-corrected chi connectivity index (χ4v) is 5.00. The smallest absolute Gasteiger partial charge is 0.321 e. The summed E-state index contributed by atoms with van der Waals surface area (Å²) in [6.07, 6.45) is 0.599. The number of nitrogens with zero attached hydrogens (tertiary/aromatic N) is 1. The zero-order chi connectivity index (χ0) is 30.1. The molecule has 0 aromatic heterocycles. The van der Waals surface area contributed by atoms with Crippen LogP contribution in [-0.4, -0.2) is 24.3 Å². The molecule has 0 bridgehead atoms. The average Bonchev–Trinajstić information content (AvgIpc) is 3.78. The van der Waals surface area contributed by atoms with Crippen LogP contribution in [0.1, 0.15) is 74.2 Å². The number of amides is 1. The highest BCUT2D eigenvalue weighted by molar-refractivity contribution is 6.47. The zero-order valence-electron chi connectivity index (χ0n) is 24.6. The van der Waals surface area contributed by atoms with Gasteiger partial charge in [-0.1, -0.05) is 75.2 Å². The molecule has 3 aromatic rings. The Morgan fingerprint density at radius 2 is 1.76 bits per heavy atom. The van der Waals surface area contributed by atoms with Gasteiger partial charge in [0.15, 0.2) is 0 Å². The minimum absolute atomic E-state index is 0.0839. The number of carbonyl (C=O) groups excluding carboxylic acids is 1. The van der Waals surface area contributed by atoms with Crippen molar-refractivity contribution in [3.63, 3.8) is 0 Å². The van der Waals surface area contributed by atoms with E-state index in [2.05, 4.69) is 41.6 Å². The molecule has 0 radical (unpaired) electrons. The lowest BCUT2D eigenvalue weighted by atomic mass is 9.94. The van der Waals surface area contributed by atoms with Gasteiger partial charge >= 0.3 is 6.18 Å². The molecular formula is C35H40F3N3O. The van der Waals surface area contributed by atoms with E-state index in [0.29, 0.717) is 23.7 Å². The second-order valence-electron chi connectivity index (χ2n) is 11.1. The van der Waals surface area contributed by atoms with E-state index in [-0.39, 0.29) is 18.2 Å². The third-order valence-corrected chi connectivity index (χ3v) is 7.41. The summed E-state index contributed by atoms with van der Waals surface area (Å²) >= 11 is 0. The van der Waals surface area contributed by atoms with Crippen LogP contribution < -0.4 is 10.6 Å². The van der Waals surface area contributed by atoms with Gasteiger partial charge in [-0.3, -0.25) is 4.79 Å². The van der Waals surface area contributed by atoms with Gasteiger partial charge in [0.25, 0.3) is 5.91 Å². The molecule has 1 fully saturated rings. The molecule has 1 saturated carbocycles. The van der Waals surface area contributed by atoms with Crippen molar-refractivity contribution >= 4 is 23.0 Å². The van der Waals surface area contributed by atoms with Gasteiger partial charge in [0.2, 0.25) is 0 Å². The molecule has 1 atom stereocenters. The molecule has 42 heavy (non-hydrogen) atoms. The van der Waals surface area contributed by atoms with E-state index in [9.17, 15) is 18.0 Å². The van der Waals surface area contributed by atoms with Crippen LogP contribution in [0, 0.1) is 12.8 Å². The normalized spacial score (nSPS) is 15.0. The van der Waals surface area contributed by atoms with Crippen LogP contribution in [0.15, 0.2) is 89.4 Å². The molecule has 0 heterocycles. The maximum absolute atomic E-state index is 13.9. The number of hydrogen-bond donors (Lipinski definition) is 2. The Morgan fingerprint density at radius 3 is 2.45 bits per heavy atom. The highest BCUT2D eigenvalue weighted by atomic mass is 19.4. The van der Waals surface area contributed by atoms with E-state index in [0.717, 1.165) is 47.7 Å². The highest BCUT2D eigenvalue weighted by Crippen LogP contribution is 2.32. The molecule has 3 aromatic carbocycles. The Kier molecular flexibility index (Phi) is 10.7. The Balaban J connectivity index is 1.67. The fraction of sp³-hybridized carbons (Fsp3) is 0.371. The summed E-state index contributed by atoms with van der Waals surface area (Å²) in [4.78, 5) is 18.0. The van der Waals surface area contributed by atoms with Gasteiger partial charge < -0.3 is 10.6 Å². The minimum Gasteiger partial charge on any atom is -0.321 e. The summed E-state index contributed by atoms with van der Waals surface area (Å²) < 4.78 is 41.6. The summed E-state index contributed by atoms with van der Waals surface area (Å²) in [6, 6.07) is 22.9. The topological polar surface area (TPSA) is 53.5 Å². The monoisotopic (exact) mass is 575 g/mol. The van der Waals surface area contributed by atoms with Crippen molar-refractivity contribution in [3.05, 3.63) is 107 Å². The summed E-state index contributed by atoms with van der Waals surface area (Å²) in [5, 5.41) is 6.52. The van der Waals surface area contributed by atoms with Crippen molar-refractivity contribution in [3.8, 4) is 0 Å². The number of aliphatic imine (C=N–C) groups is 1. The van der Waals surface area contributed by atoms with Crippen molar-refractivity contribution in [1.82, 2.24) is 5.32 Å². The van der Waals surface area contributed by atoms with E-state index in [1.165, 1.54) is 12.8 Å². The Hall–Kier alpha value is -3.71. The number of nitrogens with one attached hydrogen (secondary N) is 2. The predicted molar refractivity (Wildman–Crippen MR) is 165 cm³/mol. The third-order valence-electron chi connectivity index (χ3n) is 7.41. The standard InChI is InChI=1S/C35H40F3N3O/c1-4-10-25-13-8-15-29(20-25)40-32(22-28(11-5-2)35(36,37)38)34(42)41-30-16-9-14-27(21-30)33(39-23-26-18-19-26)31-17-7-6-12-24(31)3/h6-9,12-17,20-22,26,33,39H,4-5,10-11,18-19,23H2,1-3H3,(H,41,42)/b28-22+,40-32?. The molecule has 4 rings (SSSR count). The first-order valence-electron chi connectivity index (χ1n) is 14.8. The first kappa shape index (κ1) is 31.2. The number of aryl methyl sites for hydroxylation is 2. The van der Waals surface area contributed by atoms with Crippen LogP contribution >= 0.6 is 0 Å². The molecule has 0 spiro atoms. The second-order valence-corrected chi connectivity index (χ2v) is 11.1. The van der Waals surface area contributed by atoms with Gasteiger partial charge in [-0.25, -0.2) is 4.99 Å². The first-order chi connectivity index (χ1) is 20.2. The number of benzene rings is 3. The SMILES string of the molecule is CCC/C(=C\C(=Nc1cccc(CCC)c1)C(=O)Nc1cccc(C(NCC2CC2)c2ccccc2C)c1)C(F)(F)F. The Labute approximate surface area is 247 Å². The van der Waals surface area contributed by atoms with Crippen LogP contribution in [0.25, 0.3) is 0 Å². The maximum Gasteiger partial charge on any atom is 0.412 e. The number of allylic oxidation sites excluding steroid dienone is 1. The summed E-state index contributed by atoms with van der Waals surface area (Å²) in [5.41, 5.74) is 4.16. The van der Waals surface area contributed by atoms with Crippen molar-refractivity contribution < 1.29 is 18.0 Å². The van der Waals surface area contributed by atoms with Crippen LogP contribution in [-0.2, 0) is 11.2 Å². The molecule has 1 aliphatic carbocycles. The molecule has 4 nitrogen and oxygen atoms in total. The Bertz CT molecular complexity index is 1420. The zero-order valence-corrected chi connectivity index (χ0v) is 24.6. The van der Waals surface area contributed by atoms with Crippen LogP contribution in [0.3, 0.4) is 0 Å². The van der Waals surface area contributed by atoms with Gasteiger partial charge in [0, 0.05) is 11.3 Å².